The van der Waals surface area contributed by atoms with E-state index in [4.69, 9.17) is 0 Å². The Hall–Kier alpha value is -1.76. The maximum Gasteiger partial charge on any atom is 0.0646 e. The summed E-state index contributed by atoms with van der Waals surface area (Å²) in [7, 11) is 0. The van der Waals surface area contributed by atoms with E-state index in [1.165, 1.54) is 5.56 Å². The fraction of sp³-hybridized carbons (Fsp3) is 0.0769. The van der Waals surface area contributed by atoms with Crippen molar-refractivity contribution in [2.24, 2.45) is 0 Å². The lowest BCUT2D eigenvalue weighted by atomic mass is 10.2. The van der Waals surface area contributed by atoms with Gasteiger partial charge in [-0.25, -0.2) is 0 Å². The third-order valence-electron chi connectivity index (χ3n) is 2.04. The van der Waals surface area contributed by atoms with Gasteiger partial charge in [-0.05, 0) is 17.7 Å². The van der Waals surface area contributed by atoms with Crippen molar-refractivity contribution in [2.75, 3.05) is 0 Å². The Morgan fingerprint density at radius 3 is 1.93 bits per heavy atom. The molecule has 0 aliphatic rings. The van der Waals surface area contributed by atoms with Crippen LogP contribution in [0.1, 0.15) is 5.56 Å². The van der Waals surface area contributed by atoms with E-state index in [1.54, 1.807) is 0 Å². The molecule has 0 aliphatic heterocycles. The molecule has 1 heteroatoms. The average molecular weight is 182 g/mol. The average Bonchev–Trinajstić information content (AvgIpc) is 2.29. The molecule has 0 amide bonds. The van der Waals surface area contributed by atoms with Crippen molar-refractivity contribution in [1.82, 2.24) is 5.32 Å². The Morgan fingerprint density at radius 1 is 0.714 bits per heavy atom. The number of hydrogen-bond donors (Lipinski definition) is 0. The number of para-hydroxylation sites is 1. The van der Waals surface area contributed by atoms with Crippen molar-refractivity contribution in [1.29, 1.82) is 0 Å². The molecule has 0 heterocycles. The molecule has 2 aromatic carbocycles. The van der Waals surface area contributed by atoms with Gasteiger partial charge in [0.15, 0.2) is 0 Å². The predicted molar refractivity (Wildman–Crippen MR) is 58.4 cm³/mol. The summed E-state index contributed by atoms with van der Waals surface area (Å²) in [5, 5.41) is 4.48. The second kappa shape index (κ2) is 4.47. The molecule has 0 N–H and O–H groups in total. The van der Waals surface area contributed by atoms with Gasteiger partial charge in [0.1, 0.15) is 0 Å². The van der Waals surface area contributed by atoms with Gasteiger partial charge in [0.05, 0.1) is 12.2 Å². The first-order valence-corrected chi connectivity index (χ1v) is 4.71. The second-order valence-electron chi connectivity index (χ2n) is 3.14. The summed E-state index contributed by atoms with van der Waals surface area (Å²) in [5.41, 5.74) is 2.28. The van der Waals surface area contributed by atoms with Gasteiger partial charge >= 0.3 is 0 Å². The quantitative estimate of drug-likeness (QED) is 0.692. The molecule has 0 aromatic heterocycles. The van der Waals surface area contributed by atoms with Crippen LogP contribution in [0.4, 0.5) is 5.69 Å². The Morgan fingerprint density at radius 2 is 1.29 bits per heavy atom. The van der Waals surface area contributed by atoms with Crippen LogP contribution in [-0.2, 0) is 6.54 Å². The highest BCUT2D eigenvalue weighted by Crippen LogP contribution is 2.08. The first kappa shape index (κ1) is 8.82. The molecule has 0 bridgehead atoms. The van der Waals surface area contributed by atoms with Crippen molar-refractivity contribution >= 4 is 5.69 Å². The van der Waals surface area contributed by atoms with Crippen LogP contribution in [0.2, 0.25) is 0 Å². The Kier molecular flexibility index (Phi) is 2.82. The van der Waals surface area contributed by atoms with E-state index in [9.17, 15) is 0 Å². The summed E-state index contributed by atoms with van der Waals surface area (Å²) in [6.45, 7) is 0.755. The standard InChI is InChI=1S/C13H12N/c1-3-7-12(8-4-1)11-14-13-9-5-2-6-10-13/h1-10H,11H2. The molecule has 1 radical (unpaired) electrons. The van der Waals surface area contributed by atoms with E-state index in [0.29, 0.717) is 0 Å². The third kappa shape index (κ3) is 2.36. The highest BCUT2D eigenvalue weighted by Gasteiger charge is 1.93. The largest absolute Gasteiger partial charge is 0.281 e. The minimum absolute atomic E-state index is 0.755. The molecule has 14 heavy (non-hydrogen) atoms. The monoisotopic (exact) mass is 182 g/mol. The molecule has 0 atom stereocenters. The zero-order chi connectivity index (χ0) is 9.64. The van der Waals surface area contributed by atoms with E-state index < -0.39 is 0 Å². The highest BCUT2D eigenvalue weighted by molar-refractivity contribution is 5.35. The van der Waals surface area contributed by atoms with Crippen LogP contribution < -0.4 is 5.32 Å². The maximum atomic E-state index is 4.48. The summed E-state index contributed by atoms with van der Waals surface area (Å²) >= 11 is 0. The normalized spacial score (nSPS) is 9.71. The first-order chi connectivity index (χ1) is 6.95. The molecule has 0 aliphatic carbocycles. The lowest BCUT2D eigenvalue weighted by Gasteiger charge is -2.02. The van der Waals surface area contributed by atoms with Crippen molar-refractivity contribution in [3.63, 3.8) is 0 Å². The summed E-state index contributed by atoms with van der Waals surface area (Å²) in [6, 6.07) is 20.3. The minimum atomic E-state index is 0.755. The van der Waals surface area contributed by atoms with Gasteiger partial charge in [0.25, 0.3) is 0 Å². The molecule has 69 valence electrons. The molecule has 0 unspecified atom stereocenters. The van der Waals surface area contributed by atoms with Crippen LogP contribution >= 0.6 is 0 Å². The molecule has 2 aromatic rings. The SMILES string of the molecule is c1ccc(C[N]c2ccccc2)cc1. The van der Waals surface area contributed by atoms with Gasteiger partial charge in [0.2, 0.25) is 0 Å². The van der Waals surface area contributed by atoms with Gasteiger partial charge in [-0.3, -0.25) is 5.32 Å². The highest BCUT2D eigenvalue weighted by atomic mass is 14.9. The number of rotatable bonds is 3. The van der Waals surface area contributed by atoms with Gasteiger partial charge in [-0.15, -0.1) is 0 Å². The van der Waals surface area contributed by atoms with Crippen molar-refractivity contribution in [3.05, 3.63) is 66.2 Å². The smallest absolute Gasteiger partial charge is 0.0646 e. The molecule has 0 spiro atoms. The topological polar surface area (TPSA) is 14.1 Å². The van der Waals surface area contributed by atoms with Gasteiger partial charge in [0, 0.05) is 0 Å². The lowest BCUT2D eigenvalue weighted by molar-refractivity contribution is 0.864. The van der Waals surface area contributed by atoms with E-state index in [-0.39, 0.29) is 0 Å². The van der Waals surface area contributed by atoms with Gasteiger partial charge in [-0.2, -0.15) is 0 Å². The van der Waals surface area contributed by atoms with Crippen molar-refractivity contribution in [2.45, 2.75) is 6.54 Å². The summed E-state index contributed by atoms with van der Waals surface area (Å²) in [5.74, 6) is 0. The van der Waals surface area contributed by atoms with Crippen LogP contribution in [-0.4, -0.2) is 0 Å². The zero-order valence-electron chi connectivity index (χ0n) is 7.93. The fourth-order valence-corrected chi connectivity index (χ4v) is 1.30. The summed E-state index contributed by atoms with van der Waals surface area (Å²) in [6.07, 6.45) is 0. The Balaban J connectivity index is 1.96. The predicted octanol–water partition coefficient (Wildman–Crippen LogP) is 3.12. The number of benzene rings is 2. The van der Waals surface area contributed by atoms with Crippen LogP contribution in [0.5, 0.6) is 0 Å². The fourth-order valence-electron chi connectivity index (χ4n) is 1.30. The van der Waals surface area contributed by atoms with Crippen LogP contribution in [0.3, 0.4) is 0 Å². The third-order valence-corrected chi connectivity index (χ3v) is 2.04. The van der Waals surface area contributed by atoms with E-state index >= 15 is 0 Å². The molecule has 0 fully saturated rings. The maximum absolute atomic E-state index is 4.48. The number of nitrogens with zero attached hydrogens (tertiary/aromatic N) is 1. The second-order valence-corrected chi connectivity index (χ2v) is 3.14. The lowest BCUT2D eigenvalue weighted by Crippen LogP contribution is -1.96. The first-order valence-electron chi connectivity index (χ1n) is 4.71. The van der Waals surface area contributed by atoms with Gasteiger partial charge in [-0.1, -0.05) is 48.5 Å². The molecule has 2 rings (SSSR count). The van der Waals surface area contributed by atoms with Crippen LogP contribution in [0, 0.1) is 0 Å². The molecular weight excluding hydrogens is 170 g/mol. The minimum Gasteiger partial charge on any atom is -0.281 e. The van der Waals surface area contributed by atoms with Gasteiger partial charge < -0.3 is 0 Å². The summed E-state index contributed by atoms with van der Waals surface area (Å²) in [4.78, 5) is 0. The molecular formula is C13H12N. The Bertz CT molecular complexity index is 327. The molecule has 1 nitrogen and oxygen atoms in total. The zero-order valence-corrected chi connectivity index (χ0v) is 7.93. The molecule has 0 saturated carbocycles. The van der Waals surface area contributed by atoms with Crippen LogP contribution in [0.15, 0.2) is 60.7 Å². The summed E-state index contributed by atoms with van der Waals surface area (Å²) < 4.78 is 0. The van der Waals surface area contributed by atoms with E-state index in [2.05, 4.69) is 17.4 Å². The van der Waals surface area contributed by atoms with E-state index in [0.717, 1.165) is 12.2 Å². The van der Waals surface area contributed by atoms with Crippen molar-refractivity contribution in [3.8, 4) is 0 Å². The van der Waals surface area contributed by atoms with E-state index in [1.807, 2.05) is 48.5 Å². The number of hydrogen-bond acceptors (Lipinski definition) is 0. The molecule has 0 saturated heterocycles. The Labute approximate surface area is 84.4 Å². The van der Waals surface area contributed by atoms with Crippen molar-refractivity contribution < 1.29 is 0 Å². The van der Waals surface area contributed by atoms with Crippen LogP contribution in [0.25, 0.3) is 0 Å².